The van der Waals surface area contributed by atoms with Gasteiger partial charge < -0.3 is 14.8 Å². The van der Waals surface area contributed by atoms with Gasteiger partial charge in [0.1, 0.15) is 5.82 Å². The van der Waals surface area contributed by atoms with Gasteiger partial charge in [-0.15, -0.1) is 11.8 Å². The molecule has 2 aliphatic heterocycles. The molecule has 108 valence electrons. The Balaban J connectivity index is 1.63. The van der Waals surface area contributed by atoms with E-state index in [0.717, 1.165) is 39.8 Å². The van der Waals surface area contributed by atoms with E-state index < -0.39 is 0 Å². The molecule has 2 aromatic carbocycles. The topological polar surface area (TPSA) is 30.5 Å². The van der Waals surface area contributed by atoms with Crippen LogP contribution in [0.4, 0.5) is 10.1 Å². The summed E-state index contributed by atoms with van der Waals surface area (Å²) < 4.78 is 24.6. The zero-order valence-electron chi connectivity index (χ0n) is 11.3. The van der Waals surface area contributed by atoms with Gasteiger partial charge in [0.25, 0.3) is 0 Å². The van der Waals surface area contributed by atoms with Gasteiger partial charge in [0, 0.05) is 22.4 Å². The zero-order valence-corrected chi connectivity index (χ0v) is 12.1. The van der Waals surface area contributed by atoms with Crippen molar-refractivity contribution in [1.82, 2.24) is 0 Å². The van der Waals surface area contributed by atoms with Crippen LogP contribution in [0.5, 0.6) is 11.5 Å². The Morgan fingerprint density at radius 3 is 3.00 bits per heavy atom. The molecule has 0 aromatic heterocycles. The number of fused-ring (bicyclic) bond motifs is 2. The van der Waals surface area contributed by atoms with Gasteiger partial charge in [-0.25, -0.2) is 4.39 Å². The van der Waals surface area contributed by atoms with Crippen molar-refractivity contribution in [3.05, 3.63) is 47.8 Å². The summed E-state index contributed by atoms with van der Waals surface area (Å²) in [5.41, 5.74) is 2.00. The predicted molar refractivity (Wildman–Crippen MR) is 80.7 cm³/mol. The minimum absolute atomic E-state index is 0.123. The molecule has 0 saturated carbocycles. The molecular weight excluding hydrogens is 289 g/mol. The Kier molecular flexibility index (Phi) is 3.15. The van der Waals surface area contributed by atoms with Crippen molar-refractivity contribution in [1.29, 1.82) is 0 Å². The van der Waals surface area contributed by atoms with E-state index >= 15 is 0 Å². The molecule has 4 rings (SSSR count). The molecule has 0 radical (unpaired) electrons. The Hall–Kier alpha value is -1.88. The van der Waals surface area contributed by atoms with Crippen molar-refractivity contribution in [3.63, 3.8) is 0 Å². The third-order valence-corrected chi connectivity index (χ3v) is 4.90. The van der Waals surface area contributed by atoms with E-state index in [9.17, 15) is 4.39 Å². The summed E-state index contributed by atoms with van der Waals surface area (Å²) in [5, 5.41) is 3.48. The normalized spacial score (nSPS) is 19.2. The largest absolute Gasteiger partial charge is 0.454 e. The van der Waals surface area contributed by atoms with E-state index in [1.54, 1.807) is 17.8 Å². The Labute approximate surface area is 126 Å². The third kappa shape index (κ3) is 2.31. The molecule has 0 spiro atoms. The Morgan fingerprint density at radius 1 is 1.14 bits per heavy atom. The highest BCUT2D eigenvalue weighted by Gasteiger charge is 2.23. The highest BCUT2D eigenvalue weighted by molar-refractivity contribution is 7.99. The molecular formula is C16H14FNO2S. The monoisotopic (exact) mass is 303 g/mol. The van der Waals surface area contributed by atoms with Gasteiger partial charge in [-0.1, -0.05) is 12.1 Å². The molecule has 1 unspecified atom stereocenters. The van der Waals surface area contributed by atoms with Gasteiger partial charge in [-0.05, 0) is 30.2 Å². The molecule has 3 nitrogen and oxygen atoms in total. The van der Waals surface area contributed by atoms with Gasteiger partial charge in [0.05, 0.1) is 6.04 Å². The first-order chi connectivity index (χ1) is 10.3. The molecule has 0 amide bonds. The smallest absolute Gasteiger partial charge is 0.231 e. The molecule has 0 aliphatic carbocycles. The summed E-state index contributed by atoms with van der Waals surface area (Å²) in [4.78, 5) is 0.766. The first-order valence-electron chi connectivity index (χ1n) is 6.89. The van der Waals surface area contributed by atoms with Gasteiger partial charge in [-0.3, -0.25) is 0 Å². The number of anilines is 1. The molecule has 0 bridgehead atoms. The van der Waals surface area contributed by atoms with Crippen molar-refractivity contribution in [3.8, 4) is 11.5 Å². The van der Waals surface area contributed by atoms with Crippen LogP contribution >= 0.6 is 11.8 Å². The number of ether oxygens (including phenoxy) is 2. The van der Waals surface area contributed by atoms with Crippen LogP contribution < -0.4 is 14.8 Å². The first kappa shape index (κ1) is 12.8. The van der Waals surface area contributed by atoms with Gasteiger partial charge >= 0.3 is 0 Å². The highest BCUT2D eigenvalue weighted by Crippen LogP contribution is 2.41. The Morgan fingerprint density at radius 2 is 2.05 bits per heavy atom. The third-order valence-electron chi connectivity index (χ3n) is 3.74. The summed E-state index contributed by atoms with van der Waals surface area (Å²) in [7, 11) is 0. The number of hydrogen-bond donors (Lipinski definition) is 1. The van der Waals surface area contributed by atoms with E-state index in [-0.39, 0.29) is 18.7 Å². The molecule has 2 aliphatic rings. The van der Waals surface area contributed by atoms with E-state index in [1.807, 2.05) is 24.3 Å². The lowest BCUT2D eigenvalue weighted by atomic mass is 10.0. The van der Waals surface area contributed by atoms with Crippen molar-refractivity contribution >= 4 is 17.4 Å². The number of thioether (sulfide) groups is 1. The summed E-state index contributed by atoms with van der Waals surface area (Å²) in [6.07, 6.45) is 0.968. The fraction of sp³-hybridized carbons (Fsp3) is 0.250. The van der Waals surface area contributed by atoms with E-state index in [0.29, 0.717) is 0 Å². The summed E-state index contributed by atoms with van der Waals surface area (Å²) in [5.74, 6) is 2.31. The molecule has 1 atom stereocenters. The lowest BCUT2D eigenvalue weighted by Gasteiger charge is -2.27. The van der Waals surface area contributed by atoms with Crippen LogP contribution in [0.1, 0.15) is 18.0 Å². The van der Waals surface area contributed by atoms with Crippen LogP contribution in [-0.4, -0.2) is 12.5 Å². The number of hydrogen-bond acceptors (Lipinski definition) is 4. The second-order valence-corrected chi connectivity index (χ2v) is 6.17. The molecule has 21 heavy (non-hydrogen) atoms. The highest BCUT2D eigenvalue weighted by atomic mass is 32.2. The quantitative estimate of drug-likeness (QED) is 0.900. The zero-order chi connectivity index (χ0) is 14.2. The molecule has 2 aromatic rings. The van der Waals surface area contributed by atoms with Crippen LogP contribution in [0.2, 0.25) is 0 Å². The van der Waals surface area contributed by atoms with E-state index in [2.05, 4.69) is 5.32 Å². The van der Waals surface area contributed by atoms with Gasteiger partial charge in [0.15, 0.2) is 11.5 Å². The first-order valence-corrected chi connectivity index (χ1v) is 7.87. The maximum absolute atomic E-state index is 13.9. The maximum Gasteiger partial charge on any atom is 0.231 e. The van der Waals surface area contributed by atoms with Crippen LogP contribution in [-0.2, 0) is 0 Å². The fourth-order valence-electron chi connectivity index (χ4n) is 2.72. The lowest BCUT2D eigenvalue weighted by molar-refractivity contribution is 0.174. The van der Waals surface area contributed by atoms with Crippen molar-refractivity contribution in [2.75, 3.05) is 17.9 Å². The lowest BCUT2D eigenvalue weighted by Crippen LogP contribution is -2.16. The summed E-state index contributed by atoms with van der Waals surface area (Å²) in [6.45, 7) is 0.271. The van der Waals surface area contributed by atoms with Crippen LogP contribution in [0.3, 0.4) is 0 Å². The summed E-state index contributed by atoms with van der Waals surface area (Å²) in [6, 6.07) is 11.2. The van der Waals surface area contributed by atoms with Crippen LogP contribution in [0, 0.1) is 5.82 Å². The standard InChI is InChI=1S/C16H14FNO2S/c17-12-3-1-2-11-13(6-7-21-16(11)12)18-10-4-5-14-15(8-10)20-9-19-14/h1-5,8,13,18H,6-7,9H2. The SMILES string of the molecule is Fc1cccc2c1SCCC2Nc1ccc2c(c1)OCO2. The second-order valence-electron chi connectivity index (χ2n) is 5.06. The van der Waals surface area contributed by atoms with Gasteiger partial charge in [-0.2, -0.15) is 0 Å². The minimum Gasteiger partial charge on any atom is -0.454 e. The van der Waals surface area contributed by atoms with Gasteiger partial charge in [0.2, 0.25) is 6.79 Å². The Bertz CT molecular complexity index is 692. The summed E-state index contributed by atoms with van der Waals surface area (Å²) >= 11 is 1.59. The van der Waals surface area contributed by atoms with Crippen molar-refractivity contribution in [2.24, 2.45) is 0 Å². The van der Waals surface area contributed by atoms with E-state index in [1.165, 1.54) is 6.07 Å². The maximum atomic E-state index is 13.9. The number of benzene rings is 2. The number of rotatable bonds is 2. The number of halogens is 1. The minimum atomic E-state index is -0.130. The van der Waals surface area contributed by atoms with Crippen molar-refractivity contribution < 1.29 is 13.9 Å². The van der Waals surface area contributed by atoms with Crippen LogP contribution in [0.25, 0.3) is 0 Å². The fourth-order valence-corrected chi connectivity index (χ4v) is 3.86. The molecule has 0 fully saturated rings. The van der Waals surface area contributed by atoms with E-state index in [4.69, 9.17) is 9.47 Å². The number of nitrogens with one attached hydrogen (secondary N) is 1. The average molecular weight is 303 g/mol. The van der Waals surface area contributed by atoms with Crippen molar-refractivity contribution in [2.45, 2.75) is 17.4 Å². The average Bonchev–Trinajstić information content (AvgIpc) is 2.96. The molecule has 0 saturated heterocycles. The second kappa shape index (κ2) is 5.15. The van der Waals surface area contributed by atoms with Crippen LogP contribution in [0.15, 0.2) is 41.3 Å². The molecule has 1 N–H and O–H groups in total. The predicted octanol–water partition coefficient (Wildman–Crippen LogP) is 4.20. The molecule has 2 heterocycles. The molecule has 5 heteroatoms.